The van der Waals surface area contributed by atoms with Gasteiger partial charge in [-0.15, -0.1) is 0 Å². The minimum absolute atomic E-state index is 0.103. The van der Waals surface area contributed by atoms with Gasteiger partial charge in [-0.25, -0.2) is 0 Å². The maximum atomic E-state index is 10.2. The molecular formula is C7H7BrO. The molecule has 1 unspecified atom stereocenters. The molecule has 48 valence electrons. The van der Waals surface area contributed by atoms with Gasteiger partial charge in [0.25, 0.3) is 0 Å². The van der Waals surface area contributed by atoms with Crippen molar-refractivity contribution in [2.75, 3.05) is 0 Å². The summed E-state index contributed by atoms with van der Waals surface area (Å²) < 4.78 is 1.07. The van der Waals surface area contributed by atoms with E-state index in [2.05, 4.69) is 15.9 Å². The monoisotopic (exact) mass is 186 g/mol. The number of aldehydes is 1. The summed E-state index contributed by atoms with van der Waals surface area (Å²) in [6.07, 6.45) is 7.60. The van der Waals surface area contributed by atoms with Gasteiger partial charge in [0.05, 0.1) is 0 Å². The summed E-state index contributed by atoms with van der Waals surface area (Å²) in [5.41, 5.74) is 0. The number of carbonyl (C=O) groups excluding carboxylic acids is 1. The molecule has 0 amide bonds. The Labute approximate surface area is 62.6 Å². The zero-order chi connectivity index (χ0) is 6.69. The summed E-state index contributed by atoms with van der Waals surface area (Å²) >= 11 is 3.30. The quantitative estimate of drug-likeness (QED) is 0.574. The van der Waals surface area contributed by atoms with E-state index in [-0.39, 0.29) is 5.92 Å². The topological polar surface area (TPSA) is 17.1 Å². The highest BCUT2D eigenvalue weighted by molar-refractivity contribution is 9.11. The van der Waals surface area contributed by atoms with Gasteiger partial charge in [-0.3, -0.25) is 0 Å². The van der Waals surface area contributed by atoms with Crippen molar-refractivity contribution < 1.29 is 4.79 Å². The minimum Gasteiger partial charge on any atom is -0.303 e. The highest BCUT2D eigenvalue weighted by Gasteiger charge is 2.03. The zero-order valence-electron chi connectivity index (χ0n) is 4.88. The Morgan fingerprint density at radius 2 is 2.56 bits per heavy atom. The Morgan fingerprint density at radius 1 is 1.78 bits per heavy atom. The number of carbonyl (C=O) groups is 1. The smallest absolute Gasteiger partial charge is 0.127 e. The molecule has 9 heavy (non-hydrogen) atoms. The second kappa shape index (κ2) is 2.97. The Morgan fingerprint density at radius 3 is 3.00 bits per heavy atom. The van der Waals surface area contributed by atoms with Crippen molar-refractivity contribution >= 4 is 22.2 Å². The summed E-state index contributed by atoms with van der Waals surface area (Å²) in [7, 11) is 0. The van der Waals surface area contributed by atoms with Crippen molar-refractivity contribution in [3.8, 4) is 0 Å². The molecule has 0 spiro atoms. The molecule has 0 aromatic rings. The van der Waals surface area contributed by atoms with Crippen LogP contribution in [0, 0.1) is 5.92 Å². The summed E-state index contributed by atoms with van der Waals surface area (Å²) in [4.78, 5) is 10.2. The fraction of sp³-hybridized carbons (Fsp3) is 0.286. The number of allylic oxidation sites excluding steroid dienone is 4. The molecule has 0 bridgehead atoms. The van der Waals surface area contributed by atoms with Gasteiger partial charge in [-0.2, -0.15) is 0 Å². The molecule has 1 aliphatic carbocycles. The Balaban J connectivity index is 2.58. The lowest BCUT2D eigenvalue weighted by Gasteiger charge is -2.04. The standard InChI is InChI=1S/C7H7BrO/c8-7-3-1-6(5-9)2-4-7/h1,3-6H,2H2. The Bertz CT molecular complexity index is 170. The van der Waals surface area contributed by atoms with Crippen LogP contribution in [-0.4, -0.2) is 6.29 Å². The molecule has 0 N–H and O–H groups in total. The number of rotatable bonds is 1. The highest BCUT2D eigenvalue weighted by Crippen LogP contribution is 2.17. The van der Waals surface area contributed by atoms with Crippen LogP contribution in [-0.2, 0) is 4.79 Å². The van der Waals surface area contributed by atoms with Crippen LogP contribution in [0.3, 0.4) is 0 Å². The lowest BCUT2D eigenvalue weighted by atomic mass is 10.0. The molecule has 0 aromatic heterocycles. The summed E-state index contributed by atoms with van der Waals surface area (Å²) in [6, 6.07) is 0. The van der Waals surface area contributed by atoms with Crippen molar-refractivity contribution in [2.45, 2.75) is 6.42 Å². The van der Waals surface area contributed by atoms with E-state index < -0.39 is 0 Å². The van der Waals surface area contributed by atoms with E-state index in [1.807, 2.05) is 18.2 Å². The van der Waals surface area contributed by atoms with Crippen molar-refractivity contribution in [2.24, 2.45) is 5.92 Å². The first kappa shape index (κ1) is 6.75. The first-order valence-corrected chi connectivity index (χ1v) is 3.61. The number of hydrogen-bond donors (Lipinski definition) is 0. The van der Waals surface area contributed by atoms with Crippen LogP contribution in [0.2, 0.25) is 0 Å². The number of halogens is 1. The van der Waals surface area contributed by atoms with Gasteiger partial charge in [0, 0.05) is 10.4 Å². The summed E-state index contributed by atoms with van der Waals surface area (Å²) in [5, 5.41) is 0. The molecule has 2 heteroatoms. The molecule has 0 radical (unpaired) electrons. The number of hydrogen-bond acceptors (Lipinski definition) is 1. The van der Waals surface area contributed by atoms with E-state index in [0.717, 1.165) is 17.2 Å². The predicted octanol–water partition coefficient (Wildman–Crippen LogP) is 2.04. The maximum Gasteiger partial charge on any atom is 0.127 e. The molecule has 1 nitrogen and oxygen atoms in total. The van der Waals surface area contributed by atoms with Gasteiger partial charge < -0.3 is 4.79 Å². The van der Waals surface area contributed by atoms with Gasteiger partial charge in [0.1, 0.15) is 6.29 Å². The first-order valence-electron chi connectivity index (χ1n) is 2.82. The molecule has 0 aromatic carbocycles. The average Bonchev–Trinajstić information content (AvgIpc) is 1.90. The lowest BCUT2D eigenvalue weighted by molar-refractivity contribution is -0.109. The highest BCUT2D eigenvalue weighted by atomic mass is 79.9. The molecule has 0 saturated heterocycles. The molecule has 0 fully saturated rings. The molecule has 1 atom stereocenters. The van der Waals surface area contributed by atoms with Crippen molar-refractivity contribution in [1.29, 1.82) is 0 Å². The fourth-order valence-corrected chi connectivity index (χ4v) is 1.05. The van der Waals surface area contributed by atoms with E-state index in [9.17, 15) is 4.79 Å². The van der Waals surface area contributed by atoms with E-state index in [0.29, 0.717) is 0 Å². The van der Waals surface area contributed by atoms with E-state index in [1.54, 1.807) is 0 Å². The first-order chi connectivity index (χ1) is 4.33. The molecular weight excluding hydrogens is 180 g/mol. The minimum atomic E-state index is 0.103. The normalized spacial score (nSPS) is 25.4. The van der Waals surface area contributed by atoms with Crippen molar-refractivity contribution in [3.63, 3.8) is 0 Å². The third-order valence-corrected chi connectivity index (χ3v) is 1.85. The van der Waals surface area contributed by atoms with Crippen LogP contribution in [0.5, 0.6) is 0 Å². The third kappa shape index (κ3) is 1.79. The van der Waals surface area contributed by atoms with Gasteiger partial charge in [0.15, 0.2) is 0 Å². The van der Waals surface area contributed by atoms with Crippen LogP contribution < -0.4 is 0 Å². The van der Waals surface area contributed by atoms with Crippen LogP contribution in [0.1, 0.15) is 6.42 Å². The van der Waals surface area contributed by atoms with Gasteiger partial charge in [-0.1, -0.05) is 34.2 Å². The SMILES string of the molecule is O=CC1C=CC(Br)=CC1. The van der Waals surface area contributed by atoms with E-state index >= 15 is 0 Å². The maximum absolute atomic E-state index is 10.2. The van der Waals surface area contributed by atoms with Crippen LogP contribution in [0.25, 0.3) is 0 Å². The molecule has 0 aliphatic heterocycles. The van der Waals surface area contributed by atoms with Crippen LogP contribution >= 0.6 is 15.9 Å². The second-order valence-corrected chi connectivity index (χ2v) is 2.90. The molecule has 0 saturated carbocycles. The summed E-state index contributed by atoms with van der Waals surface area (Å²) in [6.45, 7) is 0. The predicted molar refractivity (Wildman–Crippen MR) is 40.3 cm³/mol. The summed E-state index contributed by atoms with van der Waals surface area (Å²) in [5.74, 6) is 0.103. The lowest BCUT2D eigenvalue weighted by Crippen LogP contribution is -1.98. The van der Waals surface area contributed by atoms with Gasteiger partial charge >= 0.3 is 0 Å². The zero-order valence-corrected chi connectivity index (χ0v) is 6.47. The molecule has 0 heterocycles. The molecule has 1 aliphatic rings. The Kier molecular flexibility index (Phi) is 2.22. The fourth-order valence-electron chi connectivity index (χ4n) is 0.712. The van der Waals surface area contributed by atoms with Crippen LogP contribution in [0.4, 0.5) is 0 Å². The Hall–Kier alpha value is -0.370. The van der Waals surface area contributed by atoms with Crippen LogP contribution in [0.15, 0.2) is 22.7 Å². The van der Waals surface area contributed by atoms with Crippen molar-refractivity contribution in [3.05, 3.63) is 22.7 Å². The van der Waals surface area contributed by atoms with Crippen molar-refractivity contribution in [1.82, 2.24) is 0 Å². The average molecular weight is 187 g/mol. The largest absolute Gasteiger partial charge is 0.303 e. The van der Waals surface area contributed by atoms with E-state index in [1.165, 1.54) is 0 Å². The third-order valence-electron chi connectivity index (χ3n) is 1.26. The van der Waals surface area contributed by atoms with Gasteiger partial charge in [0.2, 0.25) is 0 Å². The molecule has 1 rings (SSSR count). The second-order valence-electron chi connectivity index (χ2n) is 1.98. The van der Waals surface area contributed by atoms with E-state index in [4.69, 9.17) is 0 Å². The van der Waals surface area contributed by atoms with Gasteiger partial charge in [-0.05, 0) is 6.42 Å².